The summed E-state index contributed by atoms with van der Waals surface area (Å²) in [5.41, 5.74) is 3.97. The summed E-state index contributed by atoms with van der Waals surface area (Å²) in [4.78, 5) is 0. The number of nitrogens with zero attached hydrogens (tertiary/aromatic N) is 1. The van der Waals surface area contributed by atoms with Gasteiger partial charge in [0.05, 0.1) is 23.5 Å². The Morgan fingerprint density at radius 2 is 2.00 bits per heavy atom. The van der Waals surface area contributed by atoms with Crippen LogP contribution < -0.4 is 10.1 Å². The SMILES string of the molecule is COc1ccc2c(c1)[N]c1c(Cl)cccc1-2. The van der Waals surface area contributed by atoms with Crippen LogP contribution in [0.25, 0.3) is 11.1 Å². The Kier molecular flexibility index (Phi) is 2.04. The summed E-state index contributed by atoms with van der Waals surface area (Å²) in [6.45, 7) is 0. The second kappa shape index (κ2) is 3.42. The molecule has 0 atom stereocenters. The van der Waals surface area contributed by atoms with Crippen LogP contribution in [0.5, 0.6) is 5.75 Å². The molecule has 0 amide bonds. The van der Waals surface area contributed by atoms with Crippen molar-refractivity contribution in [2.45, 2.75) is 0 Å². The molecule has 1 aliphatic rings. The quantitative estimate of drug-likeness (QED) is 0.622. The lowest BCUT2D eigenvalue weighted by Gasteiger charge is -2.01. The van der Waals surface area contributed by atoms with E-state index in [1.807, 2.05) is 36.4 Å². The molecule has 3 heteroatoms. The van der Waals surface area contributed by atoms with Gasteiger partial charge < -0.3 is 4.74 Å². The third-order valence-electron chi connectivity index (χ3n) is 2.71. The molecule has 2 aromatic rings. The van der Waals surface area contributed by atoms with E-state index in [4.69, 9.17) is 16.3 Å². The average molecular weight is 231 g/mol. The first-order chi connectivity index (χ1) is 7.79. The first-order valence-electron chi connectivity index (χ1n) is 4.98. The molecule has 0 saturated carbocycles. The molecule has 0 fully saturated rings. The van der Waals surface area contributed by atoms with Crippen molar-refractivity contribution in [3.63, 3.8) is 0 Å². The third-order valence-corrected chi connectivity index (χ3v) is 3.02. The number of hydrogen-bond donors (Lipinski definition) is 0. The Balaban J connectivity index is 2.20. The lowest BCUT2D eigenvalue weighted by atomic mass is 10.1. The minimum atomic E-state index is 0.688. The summed E-state index contributed by atoms with van der Waals surface area (Å²) < 4.78 is 5.18. The first kappa shape index (κ1) is 9.55. The molecule has 2 nitrogen and oxygen atoms in total. The summed E-state index contributed by atoms with van der Waals surface area (Å²) in [6.07, 6.45) is 0. The first-order valence-corrected chi connectivity index (χ1v) is 5.36. The molecule has 0 unspecified atom stereocenters. The van der Waals surface area contributed by atoms with Gasteiger partial charge in [0.15, 0.2) is 0 Å². The van der Waals surface area contributed by atoms with Crippen molar-refractivity contribution in [2.24, 2.45) is 0 Å². The smallest absolute Gasteiger partial charge is 0.121 e. The monoisotopic (exact) mass is 230 g/mol. The van der Waals surface area contributed by atoms with Crippen molar-refractivity contribution in [1.82, 2.24) is 5.32 Å². The fourth-order valence-corrected chi connectivity index (χ4v) is 2.14. The summed E-state index contributed by atoms with van der Waals surface area (Å²) in [5, 5.41) is 5.20. The van der Waals surface area contributed by atoms with E-state index in [1.165, 1.54) is 0 Å². The molecular formula is C13H9ClNO. The summed E-state index contributed by atoms with van der Waals surface area (Å²) in [6, 6.07) is 11.7. The predicted octanol–water partition coefficient (Wildman–Crippen LogP) is 3.90. The molecule has 3 rings (SSSR count). The molecular weight excluding hydrogens is 222 g/mol. The number of halogens is 1. The zero-order valence-electron chi connectivity index (χ0n) is 8.70. The Hall–Kier alpha value is -1.67. The van der Waals surface area contributed by atoms with E-state index in [-0.39, 0.29) is 0 Å². The number of hydrogen-bond acceptors (Lipinski definition) is 1. The zero-order valence-corrected chi connectivity index (χ0v) is 9.45. The minimum Gasteiger partial charge on any atom is -0.497 e. The van der Waals surface area contributed by atoms with E-state index in [1.54, 1.807) is 7.11 Å². The summed E-state index contributed by atoms with van der Waals surface area (Å²) >= 11 is 6.11. The number of para-hydroxylation sites is 1. The number of ether oxygens (including phenoxy) is 1. The Labute approximate surface area is 98.8 Å². The third kappa shape index (κ3) is 1.27. The van der Waals surface area contributed by atoms with Gasteiger partial charge in [-0.15, -0.1) is 0 Å². The zero-order chi connectivity index (χ0) is 11.1. The second-order valence-electron chi connectivity index (χ2n) is 3.63. The Morgan fingerprint density at radius 1 is 1.12 bits per heavy atom. The number of benzene rings is 2. The topological polar surface area (TPSA) is 23.3 Å². The molecule has 0 aromatic heterocycles. The van der Waals surface area contributed by atoms with E-state index < -0.39 is 0 Å². The lowest BCUT2D eigenvalue weighted by molar-refractivity contribution is 0.415. The van der Waals surface area contributed by atoms with E-state index in [0.29, 0.717) is 5.02 Å². The lowest BCUT2D eigenvalue weighted by Crippen LogP contribution is -1.85. The highest BCUT2D eigenvalue weighted by molar-refractivity contribution is 6.34. The van der Waals surface area contributed by atoms with E-state index in [2.05, 4.69) is 5.32 Å². The Morgan fingerprint density at radius 3 is 2.81 bits per heavy atom. The molecule has 2 aromatic carbocycles. The van der Waals surface area contributed by atoms with Gasteiger partial charge in [0, 0.05) is 17.2 Å². The van der Waals surface area contributed by atoms with Crippen LogP contribution in [-0.4, -0.2) is 7.11 Å². The maximum Gasteiger partial charge on any atom is 0.121 e. The minimum absolute atomic E-state index is 0.688. The van der Waals surface area contributed by atoms with Gasteiger partial charge >= 0.3 is 0 Å². The normalized spacial score (nSPS) is 11.6. The summed E-state index contributed by atoms with van der Waals surface area (Å²) in [5.74, 6) is 0.812. The summed E-state index contributed by atoms with van der Waals surface area (Å²) in [7, 11) is 1.65. The number of fused-ring (bicyclic) bond motifs is 3. The molecule has 79 valence electrons. The predicted molar refractivity (Wildman–Crippen MR) is 64.9 cm³/mol. The largest absolute Gasteiger partial charge is 0.497 e. The fraction of sp³-hybridized carbons (Fsp3) is 0.0769. The van der Waals surface area contributed by atoms with Crippen LogP contribution in [0.4, 0.5) is 11.4 Å². The molecule has 1 aliphatic heterocycles. The molecule has 0 spiro atoms. The molecule has 0 bridgehead atoms. The maximum absolute atomic E-state index is 6.11. The Bertz CT molecular complexity index is 566. The van der Waals surface area contributed by atoms with E-state index >= 15 is 0 Å². The van der Waals surface area contributed by atoms with Crippen LogP contribution in [0.2, 0.25) is 5.02 Å². The highest BCUT2D eigenvalue weighted by Crippen LogP contribution is 2.46. The van der Waals surface area contributed by atoms with E-state index in [0.717, 1.165) is 28.3 Å². The maximum atomic E-state index is 6.11. The van der Waals surface area contributed by atoms with Gasteiger partial charge in [0.2, 0.25) is 0 Å². The van der Waals surface area contributed by atoms with Crippen LogP contribution in [0, 0.1) is 0 Å². The van der Waals surface area contributed by atoms with Gasteiger partial charge in [-0.25, -0.2) is 5.32 Å². The standard InChI is InChI=1S/C13H9ClNO/c1-16-8-5-6-9-10-3-2-4-11(14)13(10)15-12(9)7-8/h2-7H,1H3. The fourth-order valence-electron chi connectivity index (χ4n) is 1.93. The van der Waals surface area contributed by atoms with Crippen molar-refractivity contribution in [2.75, 3.05) is 7.11 Å². The van der Waals surface area contributed by atoms with E-state index in [9.17, 15) is 0 Å². The molecule has 0 aliphatic carbocycles. The number of methoxy groups -OCH3 is 1. The van der Waals surface area contributed by atoms with Crippen molar-refractivity contribution in [3.8, 4) is 16.9 Å². The van der Waals surface area contributed by atoms with Crippen molar-refractivity contribution in [1.29, 1.82) is 0 Å². The molecule has 1 heterocycles. The molecule has 16 heavy (non-hydrogen) atoms. The molecule has 0 saturated heterocycles. The highest BCUT2D eigenvalue weighted by atomic mass is 35.5. The highest BCUT2D eigenvalue weighted by Gasteiger charge is 2.21. The van der Waals surface area contributed by atoms with Gasteiger partial charge in [-0.1, -0.05) is 23.7 Å². The average Bonchev–Trinajstić information content (AvgIpc) is 2.68. The van der Waals surface area contributed by atoms with Crippen molar-refractivity contribution >= 4 is 23.0 Å². The van der Waals surface area contributed by atoms with Gasteiger partial charge in [-0.2, -0.15) is 0 Å². The second-order valence-corrected chi connectivity index (χ2v) is 4.04. The van der Waals surface area contributed by atoms with Gasteiger partial charge in [-0.05, 0) is 18.2 Å². The van der Waals surface area contributed by atoms with Crippen molar-refractivity contribution in [3.05, 3.63) is 41.4 Å². The van der Waals surface area contributed by atoms with Gasteiger partial charge in [-0.3, -0.25) is 0 Å². The van der Waals surface area contributed by atoms with Crippen LogP contribution >= 0.6 is 11.6 Å². The molecule has 1 radical (unpaired) electrons. The van der Waals surface area contributed by atoms with Crippen LogP contribution in [0.15, 0.2) is 36.4 Å². The van der Waals surface area contributed by atoms with Crippen LogP contribution in [0.1, 0.15) is 0 Å². The number of rotatable bonds is 1. The van der Waals surface area contributed by atoms with Gasteiger partial charge in [0.25, 0.3) is 0 Å². The van der Waals surface area contributed by atoms with Crippen LogP contribution in [0.3, 0.4) is 0 Å². The van der Waals surface area contributed by atoms with Gasteiger partial charge in [0.1, 0.15) is 5.75 Å². The molecule has 0 N–H and O–H groups in total. The van der Waals surface area contributed by atoms with Crippen molar-refractivity contribution < 1.29 is 4.74 Å². The van der Waals surface area contributed by atoms with Crippen LogP contribution in [-0.2, 0) is 0 Å².